The van der Waals surface area contributed by atoms with Gasteiger partial charge in [-0.25, -0.2) is 4.98 Å². The molecule has 0 spiro atoms. The van der Waals surface area contributed by atoms with Crippen molar-refractivity contribution in [3.05, 3.63) is 24.2 Å². The number of aromatic hydroxyl groups is 1. The van der Waals surface area contributed by atoms with Gasteiger partial charge in [0.2, 0.25) is 11.7 Å². The van der Waals surface area contributed by atoms with Crippen molar-refractivity contribution >= 4 is 5.78 Å². The van der Waals surface area contributed by atoms with Crippen LogP contribution in [0.25, 0.3) is 5.78 Å². The van der Waals surface area contributed by atoms with Crippen molar-refractivity contribution in [1.29, 1.82) is 0 Å². The highest BCUT2D eigenvalue weighted by molar-refractivity contribution is 5.35. The predicted molar refractivity (Wildman–Crippen MR) is 46.6 cm³/mol. The molecule has 1 fully saturated rings. The summed E-state index contributed by atoms with van der Waals surface area (Å²) < 4.78 is 1.72. The van der Waals surface area contributed by atoms with Crippen LogP contribution in [0.5, 0.6) is 5.88 Å². The molecule has 0 atom stereocenters. The molecule has 0 radical (unpaired) electrons. The summed E-state index contributed by atoms with van der Waals surface area (Å²) in [5.41, 5.74) is 1.10. The zero-order chi connectivity index (χ0) is 8.84. The Morgan fingerprint density at radius 3 is 3.00 bits per heavy atom. The van der Waals surface area contributed by atoms with Gasteiger partial charge in [0.15, 0.2) is 0 Å². The van der Waals surface area contributed by atoms with Crippen LogP contribution in [0, 0.1) is 0 Å². The summed E-state index contributed by atoms with van der Waals surface area (Å²) in [6.45, 7) is 0. The molecule has 66 valence electrons. The molecule has 1 N–H and O–H groups in total. The molecular formula is C9H9N3O. The van der Waals surface area contributed by atoms with Crippen LogP contribution in [0.1, 0.15) is 24.5 Å². The highest BCUT2D eigenvalue weighted by Gasteiger charge is 2.25. The van der Waals surface area contributed by atoms with Crippen LogP contribution in [0.4, 0.5) is 0 Å². The van der Waals surface area contributed by atoms with Crippen molar-refractivity contribution in [3.63, 3.8) is 0 Å². The van der Waals surface area contributed by atoms with Crippen LogP contribution in [0.3, 0.4) is 0 Å². The Kier molecular flexibility index (Phi) is 1.17. The van der Waals surface area contributed by atoms with Crippen LogP contribution >= 0.6 is 0 Å². The van der Waals surface area contributed by atoms with E-state index < -0.39 is 0 Å². The number of nitrogens with zero attached hydrogens (tertiary/aromatic N) is 3. The number of rotatable bonds is 1. The van der Waals surface area contributed by atoms with Gasteiger partial charge in [-0.05, 0) is 18.9 Å². The number of hydrogen-bond donors (Lipinski definition) is 1. The molecular weight excluding hydrogens is 166 g/mol. The van der Waals surface area contributed by atoms with Gasteiger partial charge in [0, 0.05) is 17.8 Å². The van der Waals surface area contributed by atoms with Crippen molar-refractivity contribution in [2.45, 2.75) is 18.8 Å². The summed E-state index contributed by atoms with van der Waals surface area (Å²) in [7, 11) is 0. The van der Waals surface area contributed by atoms with Gasteiger partial charge in [0.05, 0.1) is 6.20 Å². The number of hydrogen-bond acceptors (Lipinski definition) is 3. The van der Waals surface area contributed by atoms with E-state index in [0.29, 0.717) is 11.7 Å². The molecule has 3 rings (SSSR count). The molecule has 13 heavy (non-hydrogen) atoms. The van der Waals surface area contributed by atoms with Gasteiger partial charge in [-0.2, -0.15) is 4.98 Å². The van der Waals surface area contributed by atoms with E-state index in [4.69, 9.17) is 5.11 Å². The van der Waals surface area contributed by atoms with Crippen LogP contribution in [0.15, 0.2) is 18.5 Å². The van der Waals surface area contributed by atoms with Crippen molar-refractivity contribution in [1.82, 2.24) is 14.4 Å². The van der Waals surface area contributed by atoms with Crippen molar-refractivity contribution in [3.8, 4) is 5.88 Å². The Hall–Kier alpha value is -1.58. The largest absolute Gasteiger partial charge is 0.492 e. The third-order valence-corrected chi connectivity index (χ3v) is 2.33. The van der Waals surface area contributed by atoms with Gasteiger partial charge in [0.25, 0.3) is 0 Å². The predicted octanol–water partition coefficient (Wildman–Crippen LogP) is 1.31. The van der Waals surface area contributed by atoms with E-state index in [-0.39, 0.29) is 5.88 Å². The fourth-order valence-electron chi connectivity index (χ4n) is 1.48. The summed E-state index contributed by atoms with van der Waals surface area (Å²) in [6, 6.07) is 1.99. The Morgan fingerprint density at radius 2 is 2.23 bits per heavy atom. The van der Waals surface area contributed by atoms with Gasteiger partial charge in [-0.3, -0.25) is 4.40 Å². The van der Waals surface area contributed by atoms with E-state index in [1.54, 1.807) is 10.6 Å². The third kappa shape index (κ3) is 1.06. The van der Waals surface area contributed by atoms with Crippen LogP contribution in [-0.4, -0.2) is 19.5 Å². The standard InChI is InChI=1S/C9H9N3O/c13-8-5-12-4-3-7(6-1-2-6)10-9(12)11-8/h3-6,13H,1-2H2. The minimum atomic E-state index is 0.0282. The lowest BCUT2D eigenvalue weighted by Crippen LogP contribution is -1.91. The van der Waals surface area contributed by atoms with Crippen molar-refractivity contribution < 1.29 is 5.11 Å². The molecule has 1 saturated carbocycles. The Morgan fingerprint density at radius 1 is 1.38 bits per heavy atom. The van der Waals surface area contributed by atoms with E-state index in [1.807, 2.05) is 12.3 Å². The molecule has 1 aliphatic carbocycles. The smallest absolute Gasteiger partial charge is 0.237 e. The summed E-state index contributed by atoms with van der Waals surface area (Å²) >= 11 is 0. The number of fused-ring (bicyclic) bond motifs is 1. The molecule has 4 heteroatoms. The maximum atomic E-state index is 9.13. The highest BCUT2D eigenvalue weighted by Crippen LogP contribution is 2.38. The molecule has 0 aliphatic heterocycles. The summed E-state index contributed by atoms with van der Waals surface area (Å²) in [4.78, 5) is 8.24. The van der Waals surface area contributed by atoms with E-state index in [1.165, 1.54) is 12.8 Å². The quantitative estimate of drug-likeness (QED) is 0.711. The first-order valence-corrected chi connectivity index (χ1v) is 4.37. The highest BCUT2D eigenvalue weighted by atomic mass is 16.3. The minimum Gasteiger partial charge on any atom is -0.492 e. The number of aromatic nitrogens is 3. The lowest BCUT2D eigenvalue weighted by molar-refractivity contribution is 0.457. The lowest BCUT2D eigenvalue weighted by Gasteiger charge is -1.96. The summed E-state index contributed by atoms with van der Waals surface area (Å²) in [5, 5.41) is 9.13. The molecule has 1 aliphatic rings. The molecule has 0 amide bonds. The fraction of sp³-hybridized carbons (Fsp3) is 0.333. The molecule has 4 nitrogen and oxygen atoms in total. The zero-order valence-electron chi connectivity index (χ0n) is 7.01. The second-order valence-corrected chi connectivity index (χ2v) is 3.43. The van der Waals surface area contributed by atoms with Gasteiger partial charge >= 0.3 is 0 Å². The first-order chi connectivity index (χ1) is 6.33. The van der Waals surface area contributed by atoms with Gasteiger partial charge in [0.1, 0.15) is 0 Å². The second-order valence-electron chi connectivity index (χ2n) is 3.43. The van der Waals surface area contributed by atoms with Crippen molar-refractivity contribution in [2.24, 2.45) is 0 Å². The lowest BCUT2D eigenvalue weighted by atomic mass is 10.3. The molecule has 0 bridgehead atoms. The SMILES string of the molecule is Oc1cn2ccc(C3CC3)nc2n1. The Balaban J connectivity index is 2.20. The first kappa shape index (κ1) is 6.88. The summed E-state index contributed by atoms with van der Waals surface area (Å²) in [6.07, 6.45) is 5.91. The van der Waals surface area contributed by atoms with Gasteiger partial charge in [-0.1, -0.05) is 0 Å². The second kappa shape index (κ2) is 2.22. The number of imidazole rings is 1. The molecule has 2 aromatic rings. The summed E-state index contributed by atoms with van der Waals surface area (Å²) in [5.74, 6) is 1.24. The molecule has 0 unspecified atom stereocenters. The molecule has 2 aromatic heterocycles. The Bertz CT molecular complexity index is 459. The van der Waals surface area contributed by atoms with E-state index in [2.05, 4.69) is 9.97 Å². The molecule has 2 heterocycles. The van der Waals surface area contributed by atoms with Crippen molar-refractivity contribution in [2.75, 3.05) is 0 Å². The maximum Gasteiger partial charge on any atom is 0.237 e. The normalized spacial score (nSPS) is 16.6. The third-order valence-electron chi connectivity index (χ3n) is 2.33. The topological polar surface area (TPSA) is 50.4 Å². The first-order valence-electron chi connectivity index (χ1n) is 4.37. The van der Waals surface area contributed by atoms with E-state index in [9.17, 15) is 0 Å². The average Bonchev–Trinajstić information content (AvgIpc) is 2.87. The van der Waals surface area contributed by atoms with E-state index in [0.717, 1.165) is 5.69 Å². The van der Waals surface area contributed by atoms with Crippen LogP contribution in [-0.2, 0) is 0 Å². The van der Waals surface area contributed by atoms with Gasteiger partial charge in [-0.15, -0.1) is 0 Å². The van der Waals surface area contributed by atoms with Gasteiger partial charge < -0.3 is 5.11 Å². The van der Waals surface area contributed by atoms with Crippen LogP contribution in [0.2, 0.25) is 0 Å². The fourth-order valence-corrected chi connectivity index (χ4v) is 1.48. The zero-order valence-corrected chi connectivity index (χ0v) is 7.01. The molecule has 0 saturated heterocycles. The van der Waals surface area contributed by atoms with Crippen LogP contribution < -0.4 is 0 Å². The monoisotopic (exact) mass is 175 g/mol. The maximum absolute atomic E-state index is 9.13. The minimum absolute atomic E-state index is 0.0282. The molecule has 0 aromatic carbocycles. The average molecular weight is 175 g/mol. The Labute approximate surface area is 74.9 Å². The van der Waals surface area contributed by atoms with E-state index >= 15 is 0 Å².